The number of carbonyl (C=O) groups excluding carboxylic acids is 1. The maximum atomic E-state index is 12.4. The maximum absolute atomic E-state index is 12.4. The molecular weight excluding hydrogens is 368 g/mol. The van der Waals surface area contributed by atoms with Gasteiger partial charge in [-0.15, -0.1) is 0 Å². The molecule has 3 heterocycles. The van der Waals surface area contributed by atoms with Gasteiger partial charge >= 0.3 is 0 Å². The summed E-state index contributed by atoms with van der Waals surface area (Å²) in [5.41, 5.74) is 3.23. The van der Waals surface area contributed by atoms with E-state index in [1.54, 1.807) is 29.2 Å². The highest BCUT2D eigenvalue weighted by Gasteiger charge is 2.14. The number of hydrogen-bond acceptors (Lipinski definition) is 5. The normalized spacial score (nSPS) is 10.4. The van der Waals surface area contributed by atoms with Crippen LogP contribution in [0.5, 0.6) is 0 Å². The summed E-state index contributed by atoms with van der Waals surface area (Å²) in [6.45, 7) is 4.25. The Labute approximate surface area is 167 Å². The van der Waals surface area contributed by atoms with Gasteiger partial charge in [-0.25, -0.2) is 0 Å². The first-order chi connectivity index (χ1) is 14.1. The molecule has 29 heavy (non-hydrogen) atoms. The summed E-state index contributed by atoms with van der Waals surface area (Å²) in [6.07, 6.45) is 3.32. The molecule has 0 saturated heterocycles. The van der Waals surface area contributed by atoms with Gasteiger partial charge in [-0.2, -0.15) is 5.10 Å². The van der Waals surface area contributed by atoms with Crippen molar-refractivity contribution >= 4 is 11.6 Å². The third-order valence-corrected chi connectivity index (χ3v) is 4.33. The number of benzene rings is 1. The number of nitrogens with one attached hydrogen (secondary N) is 1. The molecule has 0 radical (unpaired) electrons. The summed E-state index contributed by atoms with van der Waals surface area (Å²) >= 11 is 0. The average molecular weight is 386 g/mol. The van der Waals surface area contributed by atoms with Crippen molar-refractivity contribution in [1.29, 1.82) is 0 Å². The molecule has 1 amide bonds. The molecule has 7 nitrogen and oxygen atoms in total. The fourth-order valence-corrected chi connectivity index (χ4v) is 2.78. The molecule has 0 aliphatic carbocycles. The lowest BCUT2D eigenvalue weighted by atomic mass is 10.2. The number of nitrogens with zero attached hydrogens (tertiary/aromatic N) is 3. The molecule has 4 rings (SSSR count). The van der Waals surface area contributed by atoms with Crippen molar-refractivity contribution in [3.05, 3.63) is 89.0 Å². The van der Waals surface area contributed by atoms with E-state index in [2.05, 4.69) is 27.4 Å². The highest BCUT2D eigenvalue weighted by molar-refractivity contribution is 6.02. The van der Waals surface area contributed by atoms with E-state index < -0.39 is 0 Å². The van der Waals surface area contributed by atoms with Gasteiger partial charge in [-0.1, -0.05) is 29.3 Å². The van der Waals surface area contributed by atoms with E-state index in [0.717, 1.165) is 22.6 Å². The molecule has 144 valence electrons. The average Bonchev–Trinajstić information content (AvgIpc) is 3.45. The molecular formula is C22H18N4O3. The Morgan fingerprint density at radius 3 is 2.72 bits per heavy atom. The minimum Gasteiger partial charge on any atom is -0.443 e. The topological polar surface area (TPSA) is 86.1 Å². The van der Waals surface area contributed by atoms with Crippen LogP contribution in [0.15, 0.2) is 63.8 Å². The summed E-state index contributed by atoms with van der Waals surface area (Å²) in [6, 6.07) is 12.8. The Bertz CT molecular complexity index is 1190. The quantitative estimate of drug-likeness (QED) is 0.540. The van der Waals surface area contributed by atoms with Crippen LogP contribution in [0.3, 0.4) is 0 Å². The third-order valence-electron chi connectivity index (χ3n) is 4.33. The summed E-state index contributed by atoms with van der Waals surface area (Å²) in [5, 5.41) is 11.0. The number of carbonyl (C=O) groups is 1. The molecule has 1 aromatic carbocycles. The van der Waals surface area contributed by atoms with Gasteiger partial charge in [0.05, 0.1) is 24.1 Å². The van der Waals surface area contributed by atoms with Gasteiger partial charge in [0.15, 0.2) is 11.5 Å². The minimum absolute atomic E-state index is 0.181. The van der Waals surface area contributed by atoms with Crippen molar-refractivity contribution in [2.75, 3.05) is 5.32 Å². The molecule has 0 spiro atoms. The maximum Gasteiger partial charge on any atom is 0.291 e. The fourth-order valence-electron chi connectivity index (χ4n) is 2.78. The van der Waals surface area contributed by atoms with Gasteiger partial charge in [-0.05, 0) is 44.0 Å². The van der Waals surface area contributed by atoms with Crippen molar-refractivity contribution in [1.82, 2.24) is 14.9 Å². The molecule has 7 heteroatoms. The molecule has 0 saturated carbocycles. The third kappa shape index (κ3) is 4.28. The first kappa shape index (κ1) is 18.3. The molecule has 4 aromatic rings. The first-order valence-corrected chi connectivity index (χ1v) is 9.01. The van der Waals surface area contributed by atoms with Crippen LogP contribution >= 0.6 is 0 Å². The summed E-state index contributed by atoms with van der Waals surface area (Å²) in [4.78, 5) is 12.4. The smallest absolute Gasteiger partial charge is 0.291 e. The van der Waals surface area contributed by atoms with Crippen LogP contribution in [0.1, 0.15) is 38.9 Å². The predicted octanol–water partition coefficient (Wildman–Crippen LogP) is 3.78. The molecule has 0 aliphatic rings. The zero-order valence-corrected chi connectivity index (χ0v) is 16.0. The monoisotopic (exact) mass is 386 g/mol. The van der Waals surface area contributed by atoms with Crippen LogP contribution in [0, 0.1) is 25.7 Å². The summed E-state index contributed by atoms with van der Waals surface area (Å²) < 4.78 is 12.4. The Morgan fingerprint density at radius 1 is 1.14 bits per heavy atom. The number of amides is 1. The van der Waals surface area contributed by atoms with E-state index in [9.17, 15) is 4.79 Å². The second kappa shape index (κ2) is 7.90. The lowest BCUT2D eigenvalue weighted by molar-refractivity contribution is 0.0996. The van der Waals surface area contributed by atoms with Crippen molar-refractivity contribution in [2.24, 2.45) is 0 Å². The van der Waals surface area contributed by atoms with Crippen LogP contribution in [0.25, 0.3) is 0 Å². The Morgan fingerprint density at radius 2 is 1.97 bits per heavy atom. The second-order valence-electron chi connectivity index (χ2n) is 6.46. The Balaban J connectivity index is 1.41. The molecule has 1 N–H and O–H groups in total. The van der Waals surface area contributed by atoms with Crippen molar-refractivity contribution in [3.63, 3.8) is 0 Å². The van der Waals surface area contributed by atoms with E-state index in [1.165, 1.54) is 0 Å². The summed E-state index contributed by atoms with van der Waals surface area (Å²) in [7, 11) is 0. The number of hydrogen-bond donors (Lipinski definition) is 1. The van der Waals surface area contributed by atoms with Crippen LogP contribution in [0.4, 0.5) is 5.69 Å². The highest BCUT2D eigenvalue weighted by Crippen LogP contribution is 2.16. The zero-order chi connectivity index (χ0) is 20.2. The molecule has 3 aromatic heterocycles. The predicted molar refractivity (Wildman–Crippen MR) is 106 cm³/mol. The SMILES string of the molecule is Cc1noc(C)c1Cn1cc(NC(=O)c2ccc(C#Cc3ccccc3)o2)cn1. The molecule has 0 fully saturated rings. The van der Waals surface area contributed by atoms with Crippen LogP contribution < -0.4 is 5.32 Å². The van der Waals surface area contributed by atoms with E-state index in [1.807, 2.05) is 44.2 Å². The summed E-state index contributed by atoms with van der Waals surface area (Å²) in [5.74, 6) is 6.90. The van der Waals surface area contributed by atoms with Crippen LogP contribution in [-0.2, 0) is 6.54 Å². The van der Waals surface area contributed by atoms with E-state index >= 15 is 0 Å². The molecule has 0 bridgehead atoms. The Hall–Kier alpha value is -4.05. The minimum atomic E-state index is -0.366. The standard InChI is InChI=1S/C22H18N4O3/c1-15-20(16(2)29-25-15)14-26-13-18(12-23-26)24-22(27)21-11-10-19(28-21)9-8-17-6-4-3-5-7-17/h3-7,10-13H,14H2,1-2H3,(H,24,27). The molecule has 0 atom stereocenters. The van der Waals surface area contributed by atoms with Crippen molar-refractivity contribution in [2.45, 2.75) is 20.4 Å². The van der Waals surface area contributed by atoms with Gasteiger partial charge < -0.3 is 14.3 Å². The van der Waals surface area contributed by atoms with Gasteiger partial charge in [-0.3, -0.25) is 9.48 Å². The van der Waals surface area contributed by atoms with Crippen molar-refractivity contribution in [3.8, 4) is 11.8 Å². The zero-order valence-electron chi connectivity index (χ0n) is 16.0. The Kier molecular flexibility index (Phi) is 4.99. The number of aryl methyl sites for hydroxylation is 2. The number of rotatable bonds is 4. The largest absolute Gasteiger partial charge is 0.443 e. The van der Waals surface area contributed by atoms with Gasteiger partial charge in [0.2, 0.25) is 0 Å². The number of aromatic nitrogens is 3. The van der Waals surface area contributed by atoms with Crippen molar-refractivity contribution < 1.29 is 13.7 Å². The van der Waals surface area contributed by atoms with Crippen LogP contribution in [0.2, 0.25) is 0 Å². The highest BCUT2D eigenvalue weighted by atomic mass is 16.5. The fraction of sp³-hybridized carbons (Fsp3) is 0.136. The van der Waals surface area contributed by atoms with Gasteiger partial charge in [0.25, 0.3) is 5.91 Å². The second-order valence-corrected chi connectivity index (χ2v) is 6.46. The van der Waals surface area contributed by atoms with Gasteiger partial charge in [0.1, 0.15) is 5.76 Å². The number of furan rings is 1. The van der Waals surface area contributed by atoms with E-state index in [0.29, 0.717) is 18.0 Å². The lowest BCUT2D eigenvalue weighted by Gasteiger charge is -2.01. The van der Waals surface area contributed by atoms with E-state index in [-0.39, 0.29) is 11.7 Å². The number of anilines is 1. The molecule has 0 unspecified atom stereocenters. The van der Waals surface area contributed by atoms with Gasteiger partial charge in [0, 0.05) is 17.3 Å². The lowest BCUT2D eigenvalue weighted by Crippen LogP contribution is -2.10. The van der Waals surface area contributed by atoms with Crippen LogP contribution in [-0.4, -0.2) is 20.8 Å². The first-order valence-electron chi connectivity index (χ1n) is 9.01. The van der Waals surface area contributed by atoms with E-state index in [4.69, 9.17) is 8.94 Å². The molecule has 0 aliphatic heterocycles.